The second-order valence-electron chi connectivity index (χ2n) is 2.47. The third-order valence-corrected chi connectivity index (χ3v) is 1.47. The van der Waals surface area contributed by atoms with Crippen LogP contribution in [0.3, 0.4) is 0 Å². The summed E-state index contributed by atoms with van der Waals surface area (Å²) in [6.07, 6.45) is 6.72. The van der Waals surface area contributed by atoms with Crippen LogP contribution in [-0.4, -0.2) is 20.4 Å². The van der Waals surface area contributed by atoms with Crippen molar-refractivity contribution >= 4 is 0 Å². The molecule has 0 unspecified atom stereocenters. The zero-order chi connectivity index (χ0) is 9.64. The molecule has 0 spiro atoms. The van der Waals surface area contributed by atoms with Gasteiger partial charge in [0, 0.05) is 12.4 Å². The van der Waals surface area contributed by atoms with Crippen molar-refractivity contribution in [1.29, 1.82) is 0 Å². The first kappa shape index (κ1) is 8.15. The molecule has 0 aliphatic heterocycles. The van der Waals surface area contributed by atoms with Crippen molar-refractivity contribution in [2.75, 3.05) is 0 Å². The lowest BCUT2D eigenvalue weighted by molar-refractivity contribution is 1.09. The Labute approximate surface area is 80.7 Å². The first-order chi connectivity index (χ1) is 6.95. The van der Waals surface area contributed by atoms with E-state index >= 15 is 0 Å². The Balaban J connectivity index is 2.07. The molecule has 0 aliphatic carbocycles. The summed E-state index contributed by atoms with van der Waals surface area (Å²) in [5.74, 6) is 11.1. The Hall–Kier alpha value is -2.46. The second-order valence-corrected chi connectivity index (χ2v) is 2.47. The molecule has 4 heteroatoms. The van der Waals surface area contributed by atoms with Crippen LogP contribution in [0.1, 0.15) is 11.1 Å². The van der Waals surface area contributed by atoms with Crippen LogP contribution < -0.4 is 0 Å². The Morgan fingerprint density at radius 2 is 1.36 bits per heavy atom. The number of aromatic nitrogens is 4. The minimum atomic E-state index is 0.825. The van der Waals surface area contributed by atoms with Crippen LogP contribution in [0.25, 0.3) is 0 Å². The summed E-state index contributed by atoms with van der Waals surface area (Å²) in [6.45, 7) is 0. The lowest BCUT2D eigenvalue weighted by Gasteiger charge is -1.70. The SMILES string of the molecule is C(C#Cc1cn[nH]c1)#Cc1cn[nH]c1. The molecule has 2 rings (SSSR count). The van der Waals surface area contributed by atoms with E-state index in [2.05, 4.69) is 44.1 Å². The number of nitrogens with zero attached hydrogens (tertiary/aromatic N) is 2. The molecular formula is C10H6N4. The van der Waals surface area contributed by atoms with E-state index in [1.54, 1.807) is 24.8 Å². The van der Waals surface area contributed by atoms with Crippen molar-refractivity contribution in [3.05, 3.63) is 35.9 Å². The highest BCUT2D eigenvalue weighted by Crippen LogP contribution is 1.89. The number of H-pyrrole nitrogens is 2. The number of aromatic amines is 2. The maximum Gasteiger partial charge on any atom is 0.0644 e. The molecule has 4 nitrogen and oxygen atoms in total. The van der Waals surface area contributed by atoms with Gasteiger partial charge in [-0.1, -0.05) is 0 Å². The molecule has 2 aromatic rings. The molecule has 0 aromatic carbocycles. The Morgan fingerprint density at radius 3 is 1.71 bits per heavy atom. The molecule has 0 saturated carbocycles. The fraction of sp³-hybridized carbons (Fsp3) is 0. The van der Waals surface area contributed by atoms with E-state index in [-0.39, 0.29) is 0 Å². The summed E-state index contributed by atoms with van der Waals surface area (Å²) in [4.78, 5) is 0. The van der Waals surface area contributed by atoms with Gasteiger partial charge >= 0.3 is 0 Å². The predicted molar refractivity (Wildman–Crippen MR) is 50.9 cm³/mol. The molecule has 0 saturated heterocycles. The summed E-state index contributed by atoms with van der Waals surface area (Å²) in [5.41, 5.74) is 1.65. The van der Waals surface area contributed by atoms with E-state index in [9.17, 15) is 0 Å². The van der Waals surface area contributed by atoms with Crippen molar-refractivity contribution < 1.29 is 0 Å². The second kappa shape index (κ2) is 3.97. The highest BCUT2D eigenvalue weighted by Gasteiger charge is 1.83. The van der Waals surface area contributed by atoms with Crippen molar-refractivity contribution in [3.8, 4) is 23.7 Å². The van der Waals surface area contributed by atoms with E-state index in [0.29, 0.717) is 0 Å². The van der Waals surface area contributed by atoms with Crippen LogP contribution >= 0.6 is 0 Å². The Morgan fingerprint density at radius 1 is 0.857 bits per heavy atom. The molecule has 66 valence electrons. The van der Waals surface area contributed by atoms with Gasteiger partial charge in [-0.05, 0) is 23.7 Å². The monoisotopic (exact) mass is 182 g/mol. The number of rotatable bonds is 0. The van der Waals surface area contributed by atoms with E-state index in [1.807, 2.05) is 0 Å². The van der Waals surface area contributed by atoms with Crippen molar-refractivity contribution in [1.82, 2.24) is 20.4 Å². The van der Waals surface area contributed by atoms with Crippen molar-refractivity contribution in [2.45, 2.75) is 0 Å². The molecule has 2 heterocycles. The van der Waals surface area contributed by atoms with Gasteiger partial charge in [0.25, 0.3) is 0 Å². The first-order valence-corrected chi connectivity index (χ1v) is 3.95. The number of hydrogen-bond donors (Lipinski definition) is 2. The van der Waals surface area contributed by atoms with Gasteiger partial charge in [-0.2, -0.15) is 10.2 Å². The summed E-state index contributed by atoms with van der Waals surface area (Å²) in [5, 5.41) is 12.9. The lowest BCUT2D eigenvalue weighted by Crippen LogP contribution is -1.64. The summed E-state index contributed by atoms with van der Waals surface area (Å²) >= 11 is 0. The lowest BCUT2D eigenvalue weighted by atomic mass is 10.3. The molecule has 2 N–H and O–H groups in total. The normalized spacial score (nSPS) is 8.29. The van der Waals surface area contributed by atoms with Gasteiger partial charge in [0.05, 0.1) is 23.5 Å². The van der Waals surface area contributed by atoms with Crippen molar-refractivity contribution in [2.24, 2.45) is 0 Å². The van der Waals surface area contributed by atoms with Crippen molar-refractivity contribution in [3.63, 3.8) is 0 Å². The van der Waals surface area contributed by atoms with Crippen LogP contribution in [0.4, 0.5) is 0 Å². The summed E-state index contributed by atoms with van der Waals surface area (Å²) in [7, 11) is 0. The zero-order valence-electron chi connectivity index (χ0n) is 7.20. The molecule has 0 aliphatic rings. The first-order valence-electron chi connectivity index (χ1n) is 3.95. The van der Waals surface area contributed by atoms with Gasteiger partial charge in [-0.15, -0.1) is 0 Å². The van der Waals surface area contributed by atoms with Gasteiger partial charge in [0.1, 0.15) is 0 Å². The average Bonchev–Trinajstić information content (AvgIpc) is 2.86. The largest absolute Gasteiger partial charge is 0.284 e. The molecule has 0 amide bonds. The number of nitrogens with one attached hydrogen (secondary N) is 2. The van der Waals surface area contributed by atoms with Crippen LogP contribution in [0, 0.1) is 23.7 Å². The standard InChI is InChI=1S/C10H6N4/c1(3-9-5-11-12-6-9)2-4-10-7-13-14-8-10/h5-8H,(H,11,12)(H,13,14). The van der Waals surface area contributed by atoms with E-state index in [0.717, 1.165) is 11.1 Å². The molecule has 0 bridgehead atoms. The van der Waals surface area contributed by atoms with Crippen LogP contribution in [0.15, 0.2) is 24.8 Å². The summed E-state index contributed by atoms with van der Waals surface area (Å²) < 4.78 is 0. The molecule has 0 atom stereocenters. The van der Waals surface area contributed by atoms with Crippen LogP contribution in [0.5, 0.6) is 0 Å². The van der Waals surface area contributed by atoms with E-state index < -0.39 is 0 Å². The van der Waals surface area contributed by atoms with Gasteiger partial charge in [0.2, 0.25) is 0 Å². The molecule has 0 radical (unpaired) electrons. The highest BCUT2D eigenvalue weighted by atomic mass is 15.1. The molecule has 0 fully saturated rings. The minimum absolute atomic E-state index is 0.825. The number of hydrogen-bond acceptors (Lipinski definition) is 2. The topological polar surface area (TPSA) is 57.4 Å². The third kappa shape index (κ3) is 2.02. The Kier molecular flexibility index (Phi) is 2.31. The van der Waals surface area contributed by atoms with E-state index in [4.69, 9.17) is 0 Å². The van der Waals surface area contributed by atoms with Gasteiger partial charge in [-0.3, -0.25) is 10.2 Å². The maximum atomic E-state index is 3.76. The predicted octanol–water partition coefficient (Wildman–Crippen LogP) is 0.536. The average molecular weight is 182 g/mol. The van der Waals surface area contributed by atoms with Gasteiger partial charge in [-0.25, -0.2) is 0 Å². The zero-order valence-corrected chi connectivity index (χ0v) is 7.20. The molecular weight excluding hydrogens is 176 g/mol. The third-order valence-electron chi connectivity index (χ3n) is 1.47. The van der Waals surface area contributed by atoms with Crippen LogP contribution in [-0.2, 0) is 0 Å². The minimum Gasteiger partial charge on any atom is -0.284 e. The maximum absolute atomic E-state index is 3.76. The summed E-state index contributed by atoms with van der Waals surface area (Å²) in [6, 6.07) is 0. The van der Waals surface area contributed by atoms with Gasteiger partial charge < -0.3 is 0 Å². The molecule has 14 heavy (non-hydrogen) atoms. The fourth-order valence-corrected chi connectivity index (χ4v) is 0.845. The van der Waals surface area contributed by atoms with Gasteiger partial charge in [0.15, 0.2) is 0 Å². The quantitative estimate of drug-likeness (QED) is 0.584. The van der Waals surface area contributed by atoms with Crippen LogP contribution in [0.2, 0.25) is 0 Å². The fourth-order valence-electron chi connectivity index (χ4n) is 0.845. The highest BCUT2D eigenvalue weighted by molar-refractivity contribution is 5.41. The smallest absolute Gasteiger partial charge is 0.0644 e. The Bertz CT molecular complexity index is 450. The molecule has 2 aromatic heterocycles. The van der Waals surface area contributed by atoms with E-state index in [1.165, 1.54) is 0 Å².